The summed E-state index contributed by atoms with van der Waals surface area (Å²) in [7, 11) is 0. The zero-order valence-electron chi connectivity index (χ0n) is 12.8. The van der Waals surface area contributed by atoms with E-state index in [1.54, 1.807) is 0 Å². The molecule has 2 aromatic carbocycles. The largest absolute Gasteiger partial charge is 0.494 e. The summed E-state index contributed by atoms with van der Waals surface area (Å²) >= 11 is 0. The highest BCUT2D eigenvalue weighted by Crippen LogP contribution is 2.15. The Labute approximate surface area is 126 Å². The Morgan fingerprint density at radius 3 is 2.52 bits per heavy atom. The molecule has 0 N–H and O–H groups in total. The lowest BCUT2D eigenvalue weighted by atomic mass is 10.0. The monoisotopic (exact) mass is 282 g/mol. The summed E-state index contributed by atoms with van der Waals surface area (Å²) in [6.45, 7) is 4.85. The second kappa shape index (κ2) is 7.63. The van der Waals surface area contributed by atoms with E-state index < -0.39 is 0 Å². The number of carbonyl (C=O) groups is 1. The smallest absolute Gasteiger partial charge is 0.163 e. The van der Waals surface area contributed by atoms with Crippen LogP contribution >= 0.6 is 0 Å². The first kappa shape index (κ1) is 15.3. The van der Waals surface area contributed by atoms with Gasteiger partial charge in [-0.3, -0.25) is 4.79 Å². The predicted octanol–water partition coefficient (Wildman–Crippen LogP) is 4.60. The summed E-state index contributed by atoms with van der Waals surface area (Å²) in [4.78, 5) is 12.2. The second-order valence-corrected chi connectivity index (χ2v) is 5.29. The van der Waals surface area contributed by atoms with E-state index in [4.69, 9.17) is 4.74 Å². The lowest BCUT2D eigenvalue weighted by Crippen LogP contribution is -2.02. The number of ketones is 1. The average Bonchev–Trinajstić information content (AvgIpc) is 2.51. The van der Waals surface area contributed by atoms with Gasteiger partial charge in [-0.05, 0) is 49.6 Å². The molecule has 2 nitrogen and oxygen atoms in total. The SMILES string of the molecule is CCCOc1ccc(C(=O)CCc2cccc(C)c2)cc1. The van der Waals surface area contributed by atoms with Crippen LogP contribution < -0.4 is 4.74 Å². The van der Waals surface area contributed by atoms with Gasteiger partial charge < -0.3 is 4.74 Å². The standard InChI is InChI=1S/C19H22O2/c1-3-13-21-18-10-8-17(9-11-18)19(20)12-7-16-6-4-5-15(2)14-16/h4-6,8-11,14H,3,7,12-13H2,1-2H3. The van der Waals surface area contributed by atoms with Crippen LogP contribution in [0.2, 0.25) is 0 Å². The fourth-order valence-corrected chi connectivity index (χ4v) is 2.23. The molecule has 0 spiro atoms. The molecule has 21 heavy (non-hydrogen) atoms. The van der Waals surface area contributed by atoms with Crippen LogP contribution in [0.3, 0.4) is 0 Å². The Bertz CT molecular complexity index is 585. The third-order valence-electron chi connectivity index (χ3n) is 3.37. The van der Waals surface area contributed by atoms with Gasteiger partial charge in [-0.2, -0.15) is 0 Å². The highest BCUT2D eigenvalue weighted by Gasteiger charge is 2.06. The van der Waals surface area contributed by atoms with Gasteiger partial charge in [0.2, 0.25) is 0 Å². The van der Waals surface area contributed by atoms with E-state index in [9.17, 15) is 4.79 Å². The number of hydrogen-bond acceptors (Lipinski definition) is 2. The summed E-state index contributed by atoms with van der Waals surface area (Å²) in [5.74, 6) is 1.01. The fourth-order valence-electron chi connectivity index (χ4n) is 2.23. The molecule has 0 radical (unpaired) electrons. The van der Waals surface area contributed by atoms with Crippen LogP contribution in [0.5, 0.6) is 5.75 Å². The van der Waals surface area contributed by atoms with Crippen LogP contribution in [0.4, 0.5) is 0 Å². The van der Waals surface area contributed by atoms with Crippen molar-refractivity contribution in [3.63, 3.8) is 0 Å². The maximum absolute atomic E-state index is 12.2. The molecule has 0 atom stereocenters. The molecule has 0 bridgehead atoms. The molecule has 0 aliphatic rings. The number of Topliss-reactive ketones (excluding diaryl/α,β-unsaturated/α-hetero) is 1. The van der Waals surface area contributed by atoms with Crippen molar-refractivity contribution in [2.45, 2.75) is 33.1 Å². The van der Waals surface area contributed by atoms with Crippen LogP contribution in [0.25, 0.3) is 0 Å². The molecule has 2 heteroatoms. The van der Waals surface area contributed by atoms with Crippen LogP contribution in [0.15, 0.2) is 48.5 Å². The van der Waals surface area contributed by atoms with Gasteiger partial charge in [0.25, 0.3) is 0 Å². The van der Waals surface area contributed by atoms with Crippen molar-refractivity contribution in [2.75, 3.05) is 6.61 Å². The first-order valence-electron chi connectivity index (χ1n) is 7.50. The molecule has 0 aliphatic heterocycles. The number of benzene rings is 2. The zero-order chi connectivity index (χ0) is 15.1. The Morgan fingerprint density at radius 1 is 1.10 bits per heavy atom. The molecule has 0 heterocycles. The molecular weight excluding hydrogens is 260 g/mol. The van der Waals surface area contributed by atoms with E-state index in [1.165, 1.54) is 11.1 Å². The van der Waals surface area contributed by atoms with Crippen molar-refractivity contribution in [1.29, 1.82) is 0 Å². The van der Waals surface area contributed by atoms with Crippen molar-refractivity contribution in [3.05, 3.63) is 65.2 Å². The Balaban J connectivity index is 1.91. The minimum Gasteiger partial charge on any atom is -0.494 e. The van der Waals surface area contributed by atoms with Gasteiger partial charge in [-0.25, -0.2) is 0 Å². The topological polar surface area (TPSA) is 26.3 Å². The average molecular weight is 282 g/mol. The van der Waals surface area contributed by atoms with E-state index in [0.29, 0.717) is 13.0 Å². The summed E-state index contributed by atoms with van der Waals surface area (Å²) in [5, 5.41) is 0. The number of ether oxygens (including phenoxy) is 1. The summed E-state index contributed by atoms with van der Waals surface area (Å²) in [6, 6.07) is 15.8. The third kappa shape index (κ3) is 4.75. The molecule has 2 aromatic rings. The van der Waals surface area contributed by atoms with Gasteiger partial charge in [-0.1, -0.05) is 36.8 Å². The molecule has 0 amide bonds. The van der Waals surface area contributed by atoms with E-state index in [-0.39, 0.29) is 5.78 Å². The zero-order valence-corrected chi connectivity index (χ0v) is 12.8. The fraction of sp³-hybridized carbons (Fsp3) is 0.316. The van der Waals surface area contributed by atoms with Crippen molar-refractivity contribution < 1.29 is 9.53 Å². The maximum atomic E-state index is 12.2. The number of rotatable bonds is 7. The van der Waals surface area contributed by atoms with Gasteiger partial charge >= 0.3 is 0 Å². The van der Waals surface area contributed by atoms with E-state index in [1.807, 2.05) is 30.3 Å². The number of hydrogen-bond donors (Lipinski definition) is 0. The highest BCUT2D eigenvalue weighted by atomic mass is 16.5. The molecule has 0 saturated carbocycles. The van der Waals surface area contributed by atoms with Crippen LogP contribution in [0, 0.1) is 6.92 Å². The van der Waals surface area contributed by atoms with Gasteiger partial charge in [0.15, 0.2) is 5.78 Å². The molecule has 0 aliphatic carbocycles. The third-order valence-corrected chi connectivity index (χ3v) is 3.37. The number of carbonyl (C=O) groups excluding carboxylic acids is 1. The Hall–Kier alpha value is -2.09. The van der Waals surface area contributed by atoms with Gasteiger partial charge in [-0.15, -0.1) is 0 Å². The predicted molar refractivity (Wildman–Crippen MR) is 86.1 cm³/mol. The first-order chi connectivity index (χ1) is 10.2. The van der Waals surface area contributed by atoms with Gasteiger partial charge in [0.05, 0.1) is 6.61 Å². The lowest BCUT2D eigenvalue weighted by molar-refractivity contribution is 0.0983. The van der Waals surface area contributed by atoms with Crippen LogP contribution in [-0.4, -0.2) is 12.4 Å². The highest BCUT2D eigenvalue weighted by molar-refractivity contribution is 5.96. The molecule has 110 valence electrons. The van der Waals surface area contributed by atoms with Gasteiger partial charge in [0.1, 0.15) is 5.75 Å². The summed E-state index contributed by atoms with van der Waals surface area (Å²) in [5.41, 5.74) is 3.20. The Kier molecular flexibility index (Phi) is 5.56. The lowest BCUT2D eigenvalue weighted by Gasteiger charge is -2.06. The summed E-state index contributed by atoms with van der Waals surface area (Å²) in [6.07, 6.45) is 2.31. The molecular formula is C19H22O2. The van der Waals surface area contributed by atoms with E-state index >= 15 is 0 Å². The van der Waals surface area contributed by atoms with Crippen molar-refractivity contribution in [3.8, 4) is 5.75 Å². The van der Waals surface area contributed by atoms with E-state index in [0.717, 1.165) is 24.2 Å². The quantitative estimate of drug-likeness (QED) is 0.694. The normalized spacial score (nSPS) is 10.4. The van der Waals surface area contributed by atoms with Crippen molar-refractivity contribution >= 4 is 5.78 Å². The minimum atomic E-state index is 0.179. The second-order valence-electron chi connectivity index (χ2n) is 5.29. The molecule has 2 rings (SSSR count). The maximum Gasteiger partial charge on any atom is 0.163 e. The molecule has 0 fully saturated rings. The first-order valence-corrected chi connectivity index (χ1v) is 7.50. The summed E-state index contributed by atoms with van der Waals surface area (Å²) < 4.78 is 5.52. The van der Waals surface area contributed by atoms with Crippen molar-refractivity contribution in [1.82, 2.24) is 0 Å². The molecule has 0 aromatic heterocycles. The minimum absolute atomic E-state index is 0.179. The molecule has 0 unspecified atom stereocenters. The van der Waals surface area contributed by atoms with Crippen LogP contribution in [-0.2, 0) is 6.42 Å². The van der Waals surface area contributed by atoms with Crippen molar-refractivity contribution in [2.24, 2.45) is 0 Å². The Morgan fingerprint density at radius 2 is 1.86 bits per heavy atom. The molecule has 0 saturated heterocycles. The number of aryl methyl sites for hydroxylation is 2. The van der Waals surface area contributed by atoms with Gasteiger partial charge in [0, 0.05) is 12.0 Å². The van der Waals surface area contributed by atoms with E-state index in [2.05, 4.69) is 32.0 Å². The van der Waals surface area contributed by atoms with Crippen LogP contribution in [0.1, 0.15) is 41.3 Å².